The number of para-hydroxylation sites is 1. The maximum absolute atomic E-state index is 13.7. The van der Waals surface area contributed by atoms with Gasteiger partial charge in [-0.1, -0.05) is 12.1 Å². The Labute approximate surface area is 160 Å². The Balaban J connectivity index is 1.81. The van der Waals surface area contributed by atoms with Crippen molar-refractivity contribution in [3.63, 3.8) is 0 Å². The van der Waals surface area contributed by atoms with E-state index >= 15 is 0 Å². The van der Waals surface area contributed by atoms with Crippen molar-refractivity contribution >= 4 is 22.9 Å². The van der Waals surface area contributed by atoms with E-state index in [-0.39, 0.29) is 17.5 Å². The quantitative estimate of drug-likeness (QED) is 0.648. The number of anilines is 1. The van der Waals surface area contributed by atoms with Gasteiger partial charge in [0.1, 0.15) is 16.5 Å². The lowest BCUT2D eigenvalue weighted by Gasteiger charge is -2.14. The first-order valence-electron chi connectivity index (χ1n) is 8.34. The van der Waals surface area contributed by atoms with E-state index in [0.29, 0.717) is 16.5 Å². The highest BCUT2D eigenvalue weighted by atomic mass is 32.1. The second-order valence-corrected chi connectivity index (χ2v) is 6.86. The molecule has 3 rings (SSSR count). The lowest BCUT2D eigenvalue weighted by atomic mass is 10.2. The van der Waals surface area contributed by atoms with E-state index < -0.39 is 11.7 Å². The van der Waals surface area contributed by atoms with E-state index in [1.807, 2.05) is 32.0 Å². The van der Waals surface area contributed by atoms with Crippen LogP contribution in [0, 0.1) is 5.82 Å². The van der Waals surface area contributed by atoms with Crippen molar-refractivity contribution in [2.24, 2.45) is 0 Å². The largest absolute Gasteiger partial charge is 0.493 e. The maximum atomic E-state index is 13.7. The fourth-order valence-corrected chi connectivity index (χ4v) is 3.21. The highest BCUT2D eigenvalue weighted by Gasteiger charge is 2.15. The van der Waals surface area contributed by atoms with Crippen molar-refractivity contribution in [3.05, 3.63) is 59.4 Å². The van der Waals surface area contributed by atoms with Crippen LogP contribution < -0.4 is 14.8 Å². The van der Waals surface area contributed by atoms with Crippen LogP contribution in [0.25, 0.3) is 10.6 Å². The monoisotopic (exact) mass is 386 g/mol. The number of amides is 1. The lowest BCUT2D eigenvalue weighted by Crippen LogP contribution is -2.13. The predicted octanol–water partition coefficient (Wildman–Crippen LogP) is 5.00. The predicted molar refractivity (Wildman–Crippen MR) is 104 cm³/mol. The summed E-state index contributed by atoms with van der Waals surface area (Å²) in [5, 5.41) is 4.82. The molecule has 7 heteroatoms. The SMILES string of the molecule is COc1cc(-c2nc(C(=O)Nc3ccccc3F)cs2)ccc1OC(C)C. The molecule has 0 bridgehead atoms. The normalized spacial score (nSPS) is 10.7. The third-order valence-electron chi connectivity index (χ3n) is 3.63. The van der Waals surface area contributed by atoms with Crippen LogP contribution in [0.4, 0.5) is 10.1 Å². The van der Waals surface area contributed by atoms with Crippen LogP contribution >= 0.6 is 11.3 Å². The second kappa shape index (κ2) is 8.18. The van der Waals surface area contributed by atoms with Gasteiger partial charge in [-0.25, -0.2) is 9.37 Å². The van der Waals surface area contributed by atoms with E-state index in [9.17, 15) is 9.18 Å². The second-order valence-electron chi connectivity index (χ2n) is 6.00. The minimum absolute atomic E-state index is 0.0262. The first-order valence-corrected chi connectivity index (χ1v) is 9.22. The number of ether oxygens (including phenoxy) is 2. The van der Waals surface area contributed by atoms with Gasteiger partial charge in [0.25, 0.3) is 5.91 Å². The fraction of sp³-hybridized carbons (Fsp3) is 0.200. The summed E-state index contributed by atoms with van der Waals surface area (Å²) in [7, 11) is 1.57. The number of methoxy groups -OCH3 is 1. The molecule has 1 aromatic heterocycles. The Morgan fingerprint density at radius 3 is 2.67 bits per heavy atom. The first-order chi connectivity index (χ1) is 13.0. The fourth-order valence-electron chi connectivity index (χ4n) is 2.41. The molecule has 0 spiro atoms. The molecule has 1 N–H and O–H groups in total. The van der Waals surface area contributed by atoms with Gasteiger partial charge in [-0.05, 0) is 44.2 Å². The Hall–Kier alpha value is -2.93. The number of carbonyl (C=O) groups excluding carboxylic acids is 1. The number of carbonyl (C=O) groups is 1. The molecule has 0 aliphatic rings. The zero-order valence-corrected chi connectivity index (χ0v) is 16.0. The number of thiazole rings is 1. The van der Waals surface area contributed by atoms with Crippen molar-refractivity contribution in [1.29, 1.82) is 0 Å². The average Bonchev–Trinajstić information content (AvgIpc) is 3.14. The van der Waals surface area contributed by atoms with Gasteiger partial charge in [0.05, 0.1) is 18.9 Å². The molecule has 5 nitrogen and oxygen atoms in total. The highest BCUT2D eigenvalue weighted by molar-refractivity contribution is 7.13. The molecule has 0 radical (unpaired) electrons. The highest BCUT2D eigenvalue weighted by Crippen LogP contribution is 2.34. The van der Waals surface area contributed by atoms with Crippen LogP contribution in [0.15, 0.2) is 47.8 Å². The number of halogens is 1. The average molecular weight is 386 g/mol. The Bertz CT molecular complexity index is 956. The summed E-state index contributed by atoms with van der Waals surface area (Å²) in [6.45, 7) is 3.88. The molecule has 2 aromatic carbocycles. The standard InChI is InChI=1S/C20H19FN2O3S/c1-12(2)26-17-9-8-13(10-18(17)25-3)20-23-16(11-27-20)19(24)22-15-7-5-4-6-14(15)21/h4-12H,1-3H3,(H,22,24). The summed E-state index contributed by atoms with van der Waals surface area (Å²) < 4.78 is 24.8. The number of aromatic nitrogens is 1. The summed E-state index contributed by atoms with van der Waals surface area (Å²) >= 11 is 1.32. The molecule has 0 aliphatic carbocycles. The molecular weight excluding hydrogens is 367 g/mol. The van der Waals surface area contributed by atoms with E-state index in [4.69, 9.17) is 9.47 Å². The molecule has 140 valence electrons. The number of benzene rings is 2. The topological polar surface area (TPSA) is 60.5 Å². The maximum Gasteiger partial charge on any atom is 0.275 e. The van der Waals surface area contributed by atoms with E-state index in [0.717, 1.165) is 5.56 Å². The summed E-state index contributed by atoms with van der Waals surface area (Å²) in [6.07, 6.45) is 0.0262. The van der Waals surface area contributed by atoms with Gasteiger partial charge in [0.15, 0.2) is 11.5 Å². The molecule has 1 heterocycles. The lowest BCUT2D eigenvalue weighted by molar-refractivity contribution is 0.102. The van der Waals surface area contributed by atoms with Gasteiger partial charge < -0.3 is 14.8 Å². The van der Waals surface area contributed by atoms with Crippen molar-refractivity contribution < 1.29 is 18.7 Å². The smallest absolute Gasteiger partial charge is 0.275 e. The molecule has 0 atom stereocenters. The third-order valence-corrected chi connectivity index (χ3v) is 4.52. The van der Waals surface area contributed by atoms with Crippen LogP contribution in [0.3, 0.4) is 0 Å². The third kappa shape index (κ3) is 4.43. The van der Waals surface area contributed by atoms with Gasteiger partial charge in [0, 0.05) is 10.9 Å². The van der Waals surface area contributed by atoms with Crippen molar-refractivity contribution in [2.45, 2.75) is 20.0 Å². The van der Waals surface area contributed by atoms with Crippen LogP contribution in [0.1, 0.15) is 24.3 Å². The summed E-state index contributed by atoms with van der Waals surface area (Å²) in [5.74, 6) is 0.278. The van der Waals surface area contributed by atoms with Crippen LogP contribution in [0.2, 0.25) is 0 Å². The van der Waals surface area contributed by atoms with E-state index in [2.05, 4.69) is 10.3 Å². The van der Waals surface area contributed by atoms with E-state index in [1.54, 1.807) is 24.6 Å². The zero-order chi connectivity index (χ0) is 19.4. The molecule has 27 heavy (non-hydrogen) atoms. The summed E-state index contributed by atoms with van der Waals surface area (Å²) in [4.78, 5) is 16.7. The minimum Gasteiger partial charge on any atom is -0.493 e. The van der Waals surface area contributed by atoms with Gasteiger partial charge >= 0.3 is 0 Å². The van der Waals surface area contributed by atoms with Crippen LogP contribution in [-0.2, 0) is 0 Å². The number of hydrogen-bond donors (Lipinski definition) is 1. The molecule has 1 amide bonds. The van der Waals surface area contributed by atoms with Gasteiger partial charge in [0.2, 0.25) is 0 Å². The van der Waals surface area contributed by atoms with E-state index in [1.165, 1.54) is 23.5 Å². The summed E-state index contributed by atoms with van der Waals surface area (Å²) in [5.41, 5.74) is 1.14. The molecular formula is C20H19FN2O3S. The number of hydrogen-bond acceptors (Lipinski definition) is 5. The van der Waals surface area contributed by atoms with Crippen molar-refractivity contribution in [3.8, 4) is 22.1 Å². The molecule has 0 aliphatic heterocycles. The Kier molecular flexibility index (Phi) is 5.71. The number of nitrogens with one attached hydrogen (secondary N) is 1. The first kappa shape index (κ1) is 18.8. The van der Waals surface area contributed by atoms with Gasteiger partial charge in [-0.2, -0.15) is 0 Å². The minimum atomic E-state index is -0.494. The van der Waals surface area contributed by atoms with Crippen LogP contribution in [0.5, 0.6) is 11.5 Å². The molecule has 0 fully saturated rings. The van der Waals surface area contributed by atoms with Crippen LogP contribution in [-0.4, -0.2) is 24.1 Å². The van der Waals surface area contributed by atoms with Crippen molar-refractivity contribution in [2.75, 3.05) is 12.4 Å². The zero-order valence-electron chi connectivity index (χ0n) is 15.2. The molecule has 0 saturated heterocycles. The van der Waals surface area contributed by atoms with Gasteiger partial charge in [-0.15, -0.1) is 11.3 Å². The molecule has 0 unspecified atom stereocenters. The molecule has 3 aromatic rings. The van der Waals surface area contributed by atoms with Gasteiger partial charge in [-0.3, -0.25) is 4.79 Å². The molecule has 0 saturated carbocycles. The Morgan fingerprint density at radius 1 is 1.19 bits per heavy atom. The number of nitrogens with zero attached hydrogens (tertiary/aromatic N) is 1. The Morgan fingerprint density at radius 2 is 1.96 bits per heavy atom. The number of rotatable bonds is 6. The van der Waals surface area contributed by atoms with Crippen molar-refractivity contribution in [1.82, 2.24) is 4.98 Å². The summed E-state index contributed by atoms with van der Waals surface area (Å²) in [6, 6.07) is 11.5.